The van der Waals surface area contributed by atoms with Gasteiger partial charge in [0.1, 0.15) is 11.5 Å². The van der Waals surface area contributed by atoms with Crippen LogP contribution >= 0.6 is 0 Å². The predicted octanol–water partition coefficient (Wildman–Crippen LogP) is 3.11. The summed E-state index contributed by atoms with van der Waals surface area (Å²) in [5.74, 6) is -0.349. The Labute approximate surface area is 224 Å². The fourth-order valence-corrected chi connectivity index (χ4v) is 6.31. The zero-order valence-electron chi connectivity index (χ0n) is 21.4. The first kappa shape index (κ1) is 23.9. The number of nitrogens with zero attached hydrogens (tertiary/aromatic N) is 5. The molecule has 200 valence electrons. The van der Waals surface area contributed by atoms with E-state index in [0.717, 1.165) is 40.8 Å². The molecule has 39 heavy (non-hydrogen) atoms. The maximum absolute atomic E-state index is 15.1. The van der Waals surface area contributed by atoms with Gasteiger partial charge in [-0.3, -0.25) is 9.20 Å². The number of aromatic nitrogens is 3. The molecule has 0 saturated carbocycles. The average Bonchev–Trinajstić information content (AvgIpc) is 3.61. The third-order valence-electron chi connectivity index (χ3n) is 8.35. The topological polar surface area (TPSA) is 95.1 Å². The van der Waals surface area contributed by atoms with Crippen LogP contribution in [0.3, 0.4) is 0 Å². The Hall–Kier alpha value is -4.18. The SMILES string of the molecule is O=C1NCC(c2cnc3ccccn23)=C1c1cn2c3c(cc(F)cc13)CN(C(=O)N1CCC(CO)CC1)CC2. The molecule has 10 heteroatoms. The number of nitrogens with one attached hydrogen (secondary N) is 1. The van der Waals surface area contributed by atoms with Crippen molar-refractivity contribution in [1.29, 1.82) is 0 Å². The molecule has 1 fully saturated rings. The normalized spacial score (nSPS) is 18.4. The number of carbonyl (C=O) groups excluding carboxylic acids is 2. The number of piperidine rings is 1. The number of hydrogen-bond acceptors (Lipinski definition) is 4. The van der Waals surface area contributed by atoms with Crippen LogP contribution in [0.5, 0.6) is 0 Å². The Morgan fingerprint density at radius 3 is 2.79 bits per heavy atom. The molecule has 0 unspecified atom stereocenters. The number of hydrogen-bond donors (Lipinski definition) is 2. The number of pyridine rings is 1. The molecule has 3 aromatic heterocycles. The summed E-state index contributed by atoms with van der Waals surface area (Å²) in [4.78, 5) is 34.7. The Kier molecular flexibility index (Phi) is 5.66. The lowest BCUT2D eigenvalue weighted by atomic mass is 9.98. The summed E-state index contributed by atoms with van der Waals surface area (Å²) in [5.41, 5.74) is 5.23. The van der Waals surface area contributed by atoms with Gasteiger partial charge in [0.15, 0.2) is 0 Å². The lowest BCUT2D eigenvalue weighted by Gasteiger charge is -2.35. The van der Waals surface area contributed by atoms with E-state index in [-0.39, 0.29) is 24.5 Å². The van der Waals surface area contributed by atoms with Gasteiger partial charge in [-0.05, 0) is 48.6 Å². The molecule has 0 aliphatic carbocycles. The van der Waals surface area contributed by atoms with Crippen LogP contribution < -0.4 is 5.32 Å². The zero-order chi connectivity index (χ0) is 26.7. The van der Waals surface area contributed by atoms with Gasteiger partial charge in [0.2, 0.25) is 0 Å². The third-order valence-corrected chi connectivity index (χ3v) is 8.35. The Morgan fingerprint density at radius 2 is 1.97 bits per heavy atom. The van der Waals surface area contributed by atoms with E-state index in [0.29, 0.717) is 55.8 Å². The molecule has 0 atom stereocenters. The van der Waals surface area contributed by atoms with Gasteiger partial charge in [0.25, 0.3) is 5.91 Å². The summed E-state index contributed by atoms with van der Waals surface area (Å²) in [6, 6.07) is 8.69. The van der Waals surface area contributed by atoms with Crippen molar-refractivity contribution in [3.05, 3.63) is 71.6 Å². The molecule has 0 radical (unpaired) electrons. The third kappa shape index (κ3) is 3.89. The first-order chi connectivity index (χ1) is 19.0. The second kappa shape index (κ2) is 9.23. The van der Waals surface area contributed by atoms with Crippen molar-refractivity contribution < 1.29 is 19.1 Å². The van der Waals surface area contributed by atoms with E-state index in [1.54, 1.807) is 11.1 Å². The molecule has 1 aromatic carbocycles. The van der Waals surface area contributed by atoms with Crippen molar-refractivity contribution in [2.75, 3.05) is 32.8 Å². The summed E-state index contributed by atoms with van der Waals surface area (Å²) < 4.78 is 19.1. The minimum Gasteiger partial charge on any atom is -0.396 e. The monoisotopic (exact) mass is 528 g/mol. The van der Waals surface area contributed by atoms with Crippen LogP contribution in [0.15, 0.2) is 48.9 Å². The molecule has 3 aliphatic rings. The first-order valence-electron chi connectivity index (χ1n) is 13.4. The van der Waals surface area contributed by atoms with Crippen molar-refractivity contribution in [2.45, 2.75) is 25.9 Å². The predicted molar refractivity (Wildman–Crippen MR) is 144 cm³/mol. The minimum absolute atomic E-state index is 0.0532. The van der Waals surface area contributed by atoms with Crippen LogP contribution in [0.1, 0.15) is 29.7 Å². The largest absolute Gasteiger partial charge is 0.396 e. The van der Waals surface area contributed by atoms with Crippen LogP contribution in [0.4, 0.5) is 9.18 Å². The summed E-state index contributed by atoms with van der Waals surface area (Å²) in [7, 11) is 0. The molecule has 0 bridgehead atoms. The maximum Gasteiger partial charge on any atom is 0.320 e. The highest BCUT2D eigenvalue weighted by Crippen LogP contribution is 2.38. The number of halogens is 1. The second-order valence-corrected chi connectivity index (χ2v) is 10.6. The average molecular weight is 529 g/mol. The van der Waals surface area contributed by atoms with E-state index < -0.39 is 5.82 Å². The van der Waals surface area contributed by atoms with E-state index in [4.69, 9.17) is 0 Å². The molecule has 0 spiro atoms. The van der Waals surface area contributed by atoms with E-state index in [9.17, 15) is 14.7 Å². The number of amides is 3. The highest BCUT2D eigenvalue weighted by Gasteiger charge is 2.32. The molecule has 6 heterocycles. The lowest BCUT2D eigenvalue weighted by molar-refractivity contribution is -0.114. The van der Waals surface area contributed by atoms with Crippen molar-refractivity contribution in [3.8, 4) is 0 Å². The number of benzene rings is 1. The number of carbonyl (C=O) groups is 2. The number of rotatable bonds is 3. The van der Waals surface area contributed by atoms with Crippen molar-refractivity contribution in [3.63, 3.8) is 0 Å². The molecule has 2 N–H and O–H groups in total. The Balaban J connectivity index is 1.29. The van der Waals surface area contributed by atoms with Crippen LogP contribution in [0, 0.1) is 11.7 Å². The van der Waals surface area contributed by atoms with Gasteiger partial charge in [0, 0.05) is 74.8 Å². The highest BCUT2D eigenvalue weighted by molar-refractivity contribution is 6.32. The smallest absolute Gasteiger partial charge is 0.320 e. The summed E-state index contributed by atoms with van der Waals surface area (Å²) in [6.07, 6.45) is 7.19. The number of likely N-dealkylation sites (tertiary alicyclic amines) is 1. The molecule has 9 nitrogen and oxygen atoms in total. The maximum atomic E-state index is 15.1. The number of fused-ring (bicyclic) bond motifs is 1. The lowest BCUT2D eigenvalue weighted by Crippen LogP contribution is -2.47. The van der Waals surface area contributed by atoms with Crippen LogP contribution in [-0.2, 0) is 17.9 Å². The van der Waals surface area contributed by atoms with Gasteiger partial charge >= 0.3 is 6.03 Å². The molecule has 1 saturated heterocycles. The van der Waals surface area contributed by atoms with Crippen molar-refractivity contribution in [2.24, 2.45) is 5.92 Å². The fraction of sp³-hybridized carbons (Fsp3) is 0.345. The number of imidazole rings is 1. The standard InChI is InChI=1S/C29H29FN6O3/c30-20-11-19-15-35(29(39)33-7-4-18(17-37)5-8-33)10-9-34-16-23(21(12-20)27(19)34)26-22(13-32-28(26)38)24-14-31-25-3-1-2-6-36(24)25/h1-3,6,11-12,14,16,18,37H,4-5,7-10,13,15,17H2,(H,32,38). The zero-order valence-corrected chi connectivity index (χ0v) is 21.4. The van der Waals surface area contributed by atoms with Gasteiger partial charge in [-0.2, -0.15) is 0 Å². The molecular formula is C29H29FN6O3. The van der Waals surface area contributed by atoms with E-state index in [1.165, 1.54) is 12.1 Å². The number of urea groups is 1. The van der Waals surface area contributed by atoms with Crippen LogP contribution in [0.25, 0.3) is 27.7 Å². The first-order valence-corrected chi connectivity index (χ1v) is 13.4. The molecule has 3 aliphatic heterocycles. The van der Waals surface area contributed by atoms with Crippen LogP contribution in [0.2, 0.25) is 0 Å². The van der Waals surface area contributed by atoms with Crippen LogP contribution in [-0.4, -0.2) is 73.6 Å². The Morgan fingerprint density at radius 1 is 1.13 bits per heavy atom. The van der Waals surface area contributed by atoms with E-state index in [2.05, 4.69) is 14.9 Å². The quantitative estimate of drug-likeness (QED) is 0.427. The highest BCUT2D eigenvalue weighted by atomic mass is 19.1. The van der Waals surface area contributed by atoms with Gasteiger partial charge < -0.3 is 24.8 Å². The Bertz CT molecular complexity index is 1660. The molecule has 4 aromatic rings. The fourth-order valence-electron chi connectivity index (χ4n) is 6.31. The van der Waals surface area contributed by atoms with Crippen molar-refractivity contribution >= 4 is 39.6 Å². The number of aliphatic hydroxyl groups excluding tert-OH is 1. The molecular weight excluding hydrogens is 499 g/mol. The van der Waals surface area contributed by atoms with Gasteiger partial charge in [0.05, 0.1) is 23.0 Å². The van der Waals surface area contributed by atoms with Gasteiger partial charge in [-0.25, -0.2) is 14.2 Å². The second-order valence-electron chi connectivity index (χ2n) is 10.6. The van der Waals surface area contributed by atoms with E-state index in [1.807, 2.05) is 39.9 Å². The number of aliphatic hydroxyl groups is 1. The van der Waals surface area contributed by atoms with Crippen molar-refractivity contribution in [1.82, 2.24) is 29.1 Å². The summed E-state index contributed by atoms with van der Waals surface area (Å²) >= 11 is 0. The molecule has 7 rings (SSSR count). The molecule has 3 amide bonds. The summed E-state index contributed by atoms with van der Waals surface area (Å²) in [6.45, 7) is 3.05. The van der Waals surface area contributed by atoms with Gasteiger partial charge in [-0.15, -0.1) is 0 Å². The van der Waals surface area contributed by atoms with E-state index >= 15 is 4.39 Å². The minimum atomic E-state index is -0.398. The summed E-state index contributed by atoms with van der Waals surface area (Å²) in [5, 5.41) is 13.1. The van der Waals surface area contributed by atoms with Gasteiger partial charge in [-0.1, -0.05) is 6.07 Å².